The Morgan fingerprint density at radius 2 is 1.57 bits per heavy atom. The molecule has 0 aliphatic rings. The SMILES string of the molecule is Cc1ccc2c(oc3c(-n4c5ccccc5c5cccc(F)c54)c(C#N)ccc32)c1-c1cccc[n+]1C. The molecule has 0 spiro atoms. The molecule has 0 radical (unpaired) electrons. The summed E-state index contributed by atoms with van der Waals surface area (Å²) in [5, 5.41) is 13.7. The molecule has 0 aliphatic carbocycles. The third-order valence-corrected chi connectivity index (χ3v) is 7.29. The van der Waals surface area contributed by atoms with Gasteiger partial charge in [-0.2, -0.15) is 5.26 Å². The Labute approximate surface area is 212 Å². The summed E-state index contributed by atoms with van der Waals surface area (Å²) in [5.74, 6) is -0.349. The predicted molar refractivity (Wildman–Crippen MR) is 144 cm³/mol. The van der Waals surface area contributed by atoms with Crippen molar-refractivity contribution in [3.05, 3.63) is 108 Å². The Morgan fingerprint density at radius 1 is 0.811 bits per heavy atom. The van der Waals surface area contributed by atoms with Crippen molar-refractivity contribution in [2.45, 2.75) is 6.92 Å². The van der Waals surface area contributed by atoms with Gasteiger partial charge in [-0.1, -0.05) is 42.5 Å². The maximum Gasteiger partial charge on any atom is 0.216 e. The highest BCUT2D eigenvalue weighted by Gasteiger charge is 2.25. The van der Waals surface area contributed by atoms with E-state index in [0.29, 0.717) is 22.4 Å². The molecular weight excluding hydrogens is 461 g/mol. The molecule has 0 saturated heterocycles. The third-order valence-electron chi connectivity index (χ3n) is 7.29. The van der Waals surface area contributed by atoms with Crippen LogP contribution in [0.4, 0.5) is 4.39 Å². The van der Waals surface area contributed by atoms with Crippen LogP contribution in [0, 0.1) is 24.1 Å². The standard InChI is InChI=1S/C32H21FN3O/c1-19-13-15-23-24-16-14-20(18-34)29(32(24)37-31(23)28(19)27-12-5-6-17-35(27)2)36-26-11-4-3-8-21(26)22-9-7-10-25(33)30(22)36/h3-17H,1-2H3/q+1. The van der Waals surface area contributed by atoms with Gasteiger partial charge in [-0.3, -0.25) is 0 Å². The number of aryl methyl sites for hydroxylation is 2. The molecule has 0 aliphatic heterocycles. The van der Waals surface area contributed by atoms with Gasteiger partial charge in [0.05, 0.1) is 22.2 Å². The Hall–Kier alpha value is -4.95. The molecule has 0 bridgehead atoms. The summed E-state index contributed by atoms with van der Waals surface area (Å²) < 4.78 is 26.1. The maximum absolute atomic E-state index is 15.5. The van der Waals surface area contributed by atoms with Gasteiger partial charge in [0.25, 0.3) is 0 Å². The first kappa shape index (κ1) is 21.3. The summed E-state index contributed by atoms with van der Waals surface area (Å²) in [5.41, 5.74) is 6.62. The van der Waals surface area contributed by atoms with E-state index in [1.54, 1.807) is 12.1 Å². The Bertz CT molecular complexity index is 2090. The van der Waals surface area contributed by atoms with E-state index < -0.39 is 0 Å². The first-order valence-corrected chi connectivity index (χ1v) is 12.1. The van der Waals surface area contributed by atoms with E-state index in [2.05, 4.69) is 35.8 Å². The van der Waals surface area contributed by atoms with E-state index >= 15 is 4.39 Å². The average Bonchev–Trinajstić information content (AvgIpc) is 3.45. The molecule has 4 aromatic carbocycles. The van der Waals surface area contributed by atoms with Crippen molar-refractivity contribution >= 4 is 43.7 Å². The second-order valence-corrected chi connectivity index (χ2v) is 9.37. The van der Waals surface area contributed by atoms with E-state index in [9.17, 15) is 5.26 Å². The molecule has 0 atom stereocenters. The fraction of sp³-hybridized carbons (Fsp3) is 0.0625. The van der Waals surface area contributed by atoms with Gasteiger partial charge in [0.2, 0.25) is 5.69 Å². The second-order valence-electron chi connectivity index (χ2n) is 9.37. The van der Waals surface area contributed by atoms with Crippen molar-refractivity contribution in [2.75, 3.05) is 0 Å². The highest BCUT2D eigenvalue weighted by atomic mass is 19.1. The molecule has 7 rings (SSSR count). The second kappa shape index (κ2) is 7.78. The van der Waals surface area contributed by atoms with Gasteiger partial charge in [-0.15, -0.1) is 0 Å². The molecule has 0 amide bonds. The average molecular weight is 483 g/mol. The Morgan fingerprint density at radius 3 is 2.41 bits per heavy atom. The zero-order valence-electron chi connectivity index (χ0n) is 20.3. The molecule has 3 aromatic heterocycles. The largest absolute Gasteiger partial charge is 0.453 e. The Kier molecular flexibility index (Phi) is 4.49. The number of nitriles is 1. The molecule has 3 heterocycles. The molecule has 0 N–H and O–H groups in total. The van der Waals surface area contributed by atoms with Crippen molar-refractivity contribution in [3.63, 3.8) is 0 Å². The zero-order chi connectivity index (χ0) is 25.3. The molecule has 5 heteroatoms. The highest BCUT2D eigenvalue weighted by Crippen LogP contribution is 2.42. The number of aromatic nitrogens is 2. The van der Waals surface area contributed by atoms with Crippen LogP contribution in [0.15, 0.2) is 95.5 Å². The van der Waals surface area contributed by atoms with Crippen LogP contribution in [-0.2, 0) is 7.05 Å². The van der Waals surface area contributed by atoms with Crippen molar-refractivity contribution in [2.24, 2.45) is 7.05 Å². The minimum absolute atomic E-state index is 0.349. The number of hydrogen-bond donors (Lipinski definition) is 0. The van der Waals surface area contributed by atoms with Crippen LogP contribution < -0.4 is 4.57 Å². The van der Waals surface area contributed by atoms with E-state index in [4.69, 9.17) is 4.42 Å². The van der Waals surface area contributed by atoms with Crippen LogP contribution in [0.3, 0.4) is 0 Å². The van der Waals surface area contributed by atoms with Crippen molar-refractivity contribution in [1.82, 2.24) is 4.57 Å². The van der Waals surface area contributed by atoms with Gasteiger partial charge in [0.15, 0.2) is 11.8 Å². The maximum atomic E-state index is 15.5. The van der Waals surface area contributed by atoms with E-state index in [1.165, 1.54) is 6.07 Å². The summed E-state index contributed by atoms with van der Waals surface area (Å²) in [4.78, 5) is 0. The minimum Gasteiger partial charge on any atom is -0.453 e. The van der Waals surface area contributed by atoms with Crippen LogP contribution >= 0.6 is 0 Å². The molecular formula is C32H21FN3O+. The fourth-order valence-corrected chi connectivity index (χ4v) is 5.61. The summed E-state index contributed by atoms with van der Waals surface area (Å²) in [6.07, 6.45) is 2.01. The molecule has 7 aromatic rings. The monoisotopic (exact) mass is 482 g/mol. The molecule has 4 nitrogen and oxygen atoms in total. The topological polar surface area (TPSA) is 45.7 Å². The first-order chi connectivity index (χ1) is 18.1. The van der Waals surface area contributed by atoms with Gasteiger partial charge in [0, 0.05) is 33.7 Å². The van der Waals surface area contributed by atoms with E-state index in [0.717, 1.165) is 49.5 Å². The van der Waals surface area contributed by atoms with Gasteiger partial charge >= 0.3 is 0 Å². The van der Waals surface area contributed by atoms with Gasteiger partial charge in [-0.05, 0) is 42.8 Å². The lowest BCUT2D eigenvalue weighted by atomic mass is 10.00. The number of pyridine rings is 1. The van der Waals surface area contributed by atoms with Crippen LogP contribution in [0.25, 0.3) is 60.7 Å². The third kappa shape index (κ3) is 2.90. The number of benzene rings is 4. The van der Waals surface area contributed by atoms with E-state index in [1.807, 2.05) is 66.3 Å². The lowest BCUT2D eigenvalue weighted by Crippen LogP contribution is -2.30. The van der Waals surface area contributed by atoms with E-state index in [-0.39, 0.29) is 5.82 Å². The Balaban J connectivity index is 1.69. The summed E-state index contributed by atoms with van der Waals surface area (Å²) in [7, 11) is 2.01. The summed E-state index contributed by atoms with van der Waals surface area (Å²) >= 11 is 0. The number of fused-ring (bicyclic) bond motifs is 6. The lowest BCUT2D eigenvalue weighted by Gasteiger charge is -2.11. The number of halogens is 1. The normalized spacial score (nSPS) is 11.6. The summed E-state index contributed by atoms with van der Waals surface area (Å²) in [6, 6.07) is 29.2. The van der Waals surface area contributed by atoms with Crippen LogP contribution in [0.2, 0.25) is 0 Å². The van der Waals surface area contributed by atoms with Crippen LogP contribution in [0.1, 0.15) is 11.1 Å². The number of para-hydroxylation sites is 2. The molecule has 37 heavy (non-hydrogen) atoms. The van der Waals surface area contributed by atoms with Gasteiger partial charge in [-0.25, -0.2) is 8.96 Å². The predicted octanol–water partition coefficient (Wildman–Crippen LogP) is 7.49. The minimum atomic E-state index is -0.349. The van der Waals surface area contributed by atoms with Crippen LogP contribution in [-0.4, -0.2) is 4.57 Å². The van der Waals surface area contributed by atoms with Crippen molar-refractivity contribution in [1.29, 1.82) is 5.26 Å². The van der Waals surface area contributed by atoms with Gasteiger partial charge in [0.1, 0.15) is 30.2 Å². The van der Waals surface area contributed by atoms with Gasteiger partial charge < -0.3 is 8.98 Å². The van der Waals surface area contributed by atoms with Crippen molar-refractivity contribution < 1.29 is 13.4 Å². The molecule has 0 fully saturated rings. The lowest BCUT2D eigenvalue weighted by molar-refractivity contribution is -0.660. The van der Waals surface area contributed by atoms with Crippen molar-refractivity contribution in [3.8, 4) is 23.0 Å². The summed E-state index contributed by atoms with van der Waals surface area (Å²) in [6.45, 7) is 2.07. The fourth-order valence-electron chi connectivity index (χ4n) is 5.61. The molecule has 176 valence electrons. The highest BCUT2D eigenvalue weighted by molar-refractivity contribution is 6.15. The number of rotatable bonds is 2. The smallest absolute Gasteiger partial charge is 0.216 e. The molecule has 0 unspecified atom stereocenters. The number of hydrogen-bond acceptors (Lipinski definition) is 2. The number of nitrogens with zero attached hydrogens (tertiary/aromatic N) is 3. The first-order valence-electron chi connectivity index (χ1n) is 12.1. The molecule has 0 saturated carbocycles. The van der Waals surface area contributed by atoms with Crippen LogP contribution in [0.5, 0.6) is 0 Å². The zero-order valence-corrected chi connectivity index (χ0v) is 20.3. The number of furan rings is 1. The quantitative estimate of drug-likeness (QED) is 0.240.